The molecule has 0 radical (unpaired) electrons. The summed E-state index contributed by atoms with van der Waals surface area (Å²) in [5, 5.41) is 22.2. The van der Waals surface area contributed by atoms with E-state index in [0.29, 0.717) is 17.6 Å². The van der Waals surface area contributed by atoms with Crippen molar-refractivity contribution in [3.05, 3.63) is 16.6 Å². The predicted octanol–water partition coefficient (Wildman–Crippen LogP) is 0.0761. The van der Waals surface area contributed by atoms with Crippen molar-refractivity contribution in [2.45, 2.75) is 38.3 Å². The van der Waals surface area contributed by atoms with Crippen LogP contribution in [0.25, 0.3) is 11.0 Å². The summed E-state index contributed by atoms with van der Waals surface area (Å²) < 4.78 is 2.91. The monoisotopic (exact) mass is 263 g/mol. The van der Waals surface area contributed by atoms with Crippen LogP contribution in [-0.2, 0) is 13.6 Å². The van der Waals surface area contributed by atoms with E-state index in [4.69, 9.17) is 0 Å². The van der Waals surface area contributed by atoms with Gasteiger partial charge in [-0.15, -0.1) is 5.10 Å². The van der Waals surface area contributed by atoms with Gasteiger partial charge in [-0.05, 0) is 25.2 Å². The Morgan fingerprint density at radius 2 is 2.32 bits per heavy atom. The Kier molecular flexibility index (Phi) is 3.06. The molecule has 1 fully saturated rings. The quantitative estimate of drug-likeness (QED) is 0.847. The van der Waals surface area contributed by atoms with Crippen molar-refractivity contribution in [2.75, 3.05) is 0 Å². The van der Waals surface area contributed by atoms with E-state index >= 15 is 0 Å². The summed E-state index contributed by atoms with van der Waals surface area (Å²) in [5.74, 6) is 0.276. The minimum atomic E-state index is -0.231. The van der Waals surface area contributed by atoms with E-state index in [9.17, 15) is 9.90 Å². The molecule has 0 bridgehead atoms. The highest BCUT2D eigenvalue weighted by Gasteiger charge is 2.25. The average molecular weight is 263 g/mol. The van der Waals surface area contributed by atoms with Gasteiger partial charge < -0.3 is 5.11 Å². The molecule has 0 aromatic carbocycles. The number of aryl methyl sites for hydroxylation is 2. The maximum atomic E-state index is 12.2. The van der Waals surface area contributed by atoms with E-state index in [2.05, 4.69) is 15.4 Å². The lowest BCUT2D eigenvalue weighted by atomic mass is 10.0. The molecule has 2 aromatic rings. The number of aliphatic hydroxyl groups excluding tert-OH is 1. The molecule has 7 heteroatoms. The van der Waals surface area contributed by atoms with Gasteiger partial charge in [-0.3, -0.25) is 4.79 Å². The Bertz CT molecular complexity index is 647. The van der Waals surface area contributed by atoms with E-state index < -0.39 is 0 Å². The molecule has 7 nitrogen and oxygen atoms in total. The summed E-state index contributed by atoms with van der Waals surface area (Å²) >= 11 is 0. The molecule has 0 aliphatic heterocycles. The molecule has 1 saturated carbocycles. The molecule has 2 heterocycles. The number of aromatic nitrogens is 5. The van der Waals surface area contributed by atoms with Crippen LogP contribution >= 0.6 is 0 Å². The minimum absolute atomic E-state index is 0.161. The van der Waals surface area contributed by atoms with Crippen LogP contribution in [0.4, 0.5) is 0 Å². The molecule has 0 saturated heterocycles. The van der Waals surface area contributed by atoms with Crippen LogP contribution in [-0.4, -0.2) is 36.0 Å². The molecule has 19 heavy (non-hydrogen) atoms. The van der Waals surface area contributed by atoms with Crippen molar-refractivity contribution in [1.29, 1.82) is 0 Å². The van der Waals surface area contributed by atoms with Gasteiger partial charge in [0.15, 0.2) is 5.65 Å². The molecule has 2 aromatic heterocycles. The smallest absolute Gasteiger partial charge is 0.280 e. The largest absolute Gasteiger partial charge is 0.393 e. The highest BCUT2D eigenvalue weighted by atomic mass is 16.3. The zero-order chi connectivity index (χ0) is 13.4. The number of rotatable bonds is 3. The summed E-state index contributed by atoms with van der Waals surface area (Å²) in [4.78, 5) is 12.2. The topological polar surface area (TPSA) is 85.8 Å². The maximum absolute atomic E-state index is 12.2. The summed E-state index contributed by atoms with van der Waals surface area (Å²) in [6.45, 7) is 0.498. The third kappa shape index (κ3) is 2.14. The second kappa shape index (κ2) is 4.73. The molecule has 2 unspecified atom stereocenters. The highest BCUT2D eigenvalue weighted by molar-refractivity contribution is 5.72. The molecular weight excluding hydrogens is 246 g/mol. The molecule has 0 amide bonds. The lowest BCUT2D eigenvalue weighted by Crippen LogP contribution is -2.26. The standard InChI is InChI=1S/C12H17N5O2/c1-16-11-9(7-13-16)12(19)17(15-14-11)6-5-8-3-2-4-10(8)18/h7-8,10,18H,2-6H2,1H3. The van der Waals surface area contributed by atoms with Crippen molar-refractivity contribution in [2.24, 2.45) is 13.0 Å². The number of hydrogen-bond donors (Lipinski definition) is 1. The van der Waals surface area contributed by atoms with Crippen LogP contribution in [0.1, 0.15) is 25.7 Å². The average Bonchev–Trinajstić information content (AvgIpc) is 2.96. The summed E-state index contributed by atoms with van der Waals surface area (Å²) in [6, 6.07) is 0. The fourth-order valence-electron chi connectivity index (χ4n) is 2.76. The second-order valence-corrected chi connectivity index (χ2v) is 5.17. The Hall–Kier alpha value is -1.76. The maximum Gasteiger partial charge on any atom is 0.280 e. The van der Waals surface area contributed by atoms with E-state index in [0.717, 1.165) is 25.7 Å². The Balaban J connectivity index is 1.81. The SMILES string of the molecule is Cn1ncc2c(=O)n(CCC3CCCC3O)nnc21. The van der Waals surface area contributed by atoms with Gasteiger partial charge in [0.05, 0.1) is 12.3 Å². The summed E-state index contributed by atoms with van der Waals surface area (Å²) in [5.41, 5.74) is 0.340. The van der Waals surface area contributed by atoms with Gasteiger partial charge in [0.1, 0.15) is 5.39 Å². The summed E-state index contributed by atoms with van der Waals surface area (Å²) in [6.07, 6.45) is 5.01. The second-order valence-electron chi connectivity index (χ2n) is 5.17. The first-order valence-corrected chi connectivity index (χ1v) is 6.60. The molecule has 1 aliphatic rings. The first kappa shape index (κ1) is 12.3. The molecule has 2 atom stereocenters. The van der Waals surface area contributed by atoms with Crippen LogP contribution in [0, 0.1) is 5.92 Å². The molecule has 3 rings (SSSR count). The van der Waals surface area contributed by atoms with Gasteiger partial charge in [0, 0.05) is 13.6 Å². The van der Waals surface area contributed by atoms with E-state index in [1.54, 1.807) is 7.05 Å². The Labute approximate surface area is 109 Å². The first-order valence-electron chi connectivity index (χ1n) is 6.60. The van der Waals surface area contributed by atoms with Gasteiger partial charge in [-0.2, -0.15) is 5.10 Å². The third-order valence-electron chi connectivity index (χ3n) is 3.95. The van der Waals surface area contributed by atoms with Crippen LogP contribution in [0.5, 0.6) is 0 Å². The lowest BCUT2D eigenvalue weighted by Gasteiger charge is -2.13. The number of aliphatic hydroxyl groups is 1. The van der Waals surface area contributed by atoms with Crippen LogP contribution in [0.15, 0.2) is 11.0 Å². The van der Waals surface area contributed by atoms with Crippen molar-refractivity contribution in [1.82, 2.24) is 24.8 Å². The van der Waals surface area contributed by atoms with E-state index in [-0.39, 0.29) is 17.6 Å². The first-order chi connectivity index (χ1) is 9.16. The van der Waals surface area contributed by atoms with Gasteiger partial charge in [0.25, 0.3) is 5.56 Å². The van der Waals surface area contributed by atoms with Crippen molar-refractivity contribution in [3.63, 3.8) is 0 Å². The number of hydrogen-bond acceptors (Lipinski definition) is 5. The third-order valence-corrected chi connectivity index (χ3v) is 3.95. The van der Waals surface area contributed by atoms with Gasteiger partial charge in [-0.25, -0.2) is 9.36 Å². The van der Waals surface area contributed by atoms with Crippen LogP contribution in [0.2, 0.25) is 0 Å². The fraction of sp³-hybridized carbons (Fsp3) is 0.667. The van der Waals surface area contributed by atoms with E-state index in [1.165, 1.54) is 15.6 Å². The zero-order valence-corrected chi connectivity index (χ0v) is 10.9. The van der Waals surface area contributed by atoms with Crippen LogP contribution < -0.4 is 5.56 Å². The Morgan fingerprint density at radius 3 is 3.05 bits per heavy atom. The van der Waals surface area contributed by atoms with Crippen molar-refractivity contribution < 1.29 is 5.11 Å². The van der Waals surface area contributed by atoms with Crippen molar-refractivity contribution in [3.8, 4) is 0 Å². The molecule has 1 N–H and O–H groups in total. The van der Waals surface area contributed by atoms with Gasteiger partial charge >= 0.3 is 0 Å². The fourth-order valence-corrected chi connectivity index (χ4v) is 2.76. The van der Waals surface area contributed by atoms with Crippen LogP contribution in [0.3, 0.4) is 0 Å². The minimum Gasteiger partial charge on any atom is -0.393 e. The number of nitrogens with zero attached hydrogens (tertiary/aromatic N) is 5. The lowest BCUT2D eigenvalue weighted by molar-refractivity contribution is 0.124. The molecule has 1 aliphatic carbocycles. The molecular formula is C12H17N5O2. The normalized spacial score (nSPS) is 23.3. The molecule has 0 spiro atoms. The Morgan fingerprint density at radius 1 is 1.47 bits per heavy atom. The van der Waals surface area contributed by atoms with E-state index in [1.807, 2.05) is 0 Å². The van der Waals surface area contributed by atoms with Gasteiger partial charge in [0.2, 0.25) is 0 Å². The van der Waals surface area contributed by atoms with Gasteiger partial charge in [-0.1, -0.05) is 11.6 Å². The molecule has 102 valence electrons. The highest BCUT2D eigenvalue weighted by Crippen LogP contribution is 2.28. The number of fused-ring (bicyclic) bond motifs is 1. The zero-order valence-electron chi connectivity index (χ0n) is 10.9. The summed E-state index contributed by atoms with van der Waals surface area (Å²) in [7, 11) is 1.73. The predicted molar refractivity (Wildman–Crippen MR) is 68.5 cm³/mol. The van der Waals surface area contributed by atoms with Crippen molar-refractivity contribution >= 4 is 11.0 Å².